The molecule has 0 spiro atoms. The van der Waals surface area contributed by atoms with Crippen molar-refractivity contribution in [1.29, 1.82) is 0 Å². The zero-order valence-corrected chi connectivity index (χ0v) is 14.9. The van der Waals surface area contributed by atoms with Crippen LogP contribution in [0.15, 0.2) is 24.2 Å². The standard InChI is InChI=1S/C16H18N4OS2/c1-4-19-8-12(7-17-19)9-20-15(21)14(18-16(20)22)6-13-5-10(2)23-11(13)3/h5-8H,4,9H2,1-3H3,(H,18,22)/b14-6+. The van der Waals surface area contributed by atoms with E-state index in [1.807, 2.05) is 23.9 Å². The van der Waals surface area contributed by atoms with E-state index in [4.69, 9.17) is 12.2 Å². The summed E-state index contributed by atoms with van der Waals surface area (Å²) in [6.07, 6.45) is 5.58. The highest BCUT2D eigenvalue weighted by atomic mass is 32.1. The summed E-state index contributed by atoms with van der Waals surface area (Å²) >= 11 is 7.03. The van der Waals surface area contributed by atoms with Crippen molar-refractivity contribution < 1.29 is 4.79 Å². The van der Waals surface area contributed by atoms with Crippen molar-refractivity contribution in [3.63, 3.8) is 0 Å². The highest BCUT2D eigenvalue weighted by Crippen LogP contribution is 2.24. The molecule has 5 nitrogen and oxygen atoms in total. The summed E-state index contributed by atoms with van der Waals surface area (Å²) in [7, 11) is 0. The van der Waals surface area contributed by atoms with Crippen LogP contribution in [0.4, 0.5) is 0 Å². The summed E-state index contributed by atoms with van der Waals surface area (Å²) in [4.78, 5) is 16.6. The Kier molecular flexibility index (Phi) is 4.32. The average Bonchev–Trinajstić information content (AvgIpc) is 3.15. The lowest BCUT2D eigenvalue weighted by Crippen LogP contribution is -2.29. The van der Waals surface area contributed by atoms with Gasteiger partial charge in [-0.05, 0) is 50.7 Å². The number of aromatic nitrogens is 2. The second kappa shape index (κ2) is 6.25. The van der Waals surface area contributed by atoms with Crippen LogP contribution >= 0.6 is 23.6 Å². The number of carbonyl (C=O) groups excluding carboxylic acids is 1. The highest BCUT2D eigenvalue weighted by molar-refractivity contribution is 7.80. The van der Waals surface area contributed by atoms with Gasteiger partial charge in [-0.1, -0.05) is 0 Å². The third kappa shape index (κ3) is 3.20. The van der Waals surface area contributed by atoms with Gasteiger partial charge in [0.25, 0.3) is 5.91 Å². The Bertz CT molecular complexity index is 803. The van der Waals surface area contributed by atoms with Crippen molar-refractivity contribution in [2.75, 3.05) is 0 Å². The SMILES string of the molecule is CCn1cc(CN2C(=O)/C(=C\c3cc(C)sc3C)NC2=S)cn1. The minimum Gasteiger partial charge on any atom is -0.328 e. The van der Waals surface area contributed by atoms with Crippen LogP contribution in [0.1, 0.15) is 27.8 Å². The molecule has 23 heavy (non-hydrogen) atoms. The first-order valence-corrected chi connectivity index (χ1v) is 8.63. The van der Waals surface area contributed by atoms with E-state index >= 15 is 0 Å². The van der Waals surface area contributed by atoms with Crippen molar-refractivity contribution in [3.05, 3.63) is 45.0 Å². The number of aryl methyl sites for hydroxylation is 3. The molecule has 2 aromatic rings. The van der Waals surface area contributed by atoms with Crippen molar-refractivity contribution in [3.8, 4) is 0 Å². The number of nitrogens with zero attached hydrogens (tertiary/aromatic N) is 3. The van der Waals surface area contributed by atoms with Gasteiger partial charge in [0.05, 0.1) is 12.7 Å². The predicted octanol–water partition coefficient (Wildman–Crippen LogP) is 2.84. The maximum absolute atomic E-state index is 12.6. The number of hydrogen-bond donors (Lipinski definition) is 1. The van der Waals surface area contributed by atoms with Crippen LogP contribution in [-0.2, 0) is 17.9 Å². The molecule has 0 aromatic carbocycles. The normalized spacial score (nSPS) is 16.5. The Labute approximate surface area is 144 Å². The van der Waals surface area contributed by atoms with Gasteiger partial charge in [0.1, 0.15) is 5.70 Å². The number of carbonyl (C=O) groups is 1. The first-order chi connectivity index (χ1) is 11.0. The number of hydrogen-bond acceptors (Lipinski definition) is 4. The number of thiocarbonyl (C=S) groups is 1. The molecule has 1 saturated heterocycles. The van der Waals surface area contributed by atoms with E-state index in [2.05, 4.69) is 30.3 Å². The Balaban J connectivity index is 1.81. The first kappa shape index (κ1) is 15.9. The molecule has 7 heteroatoms. The minimum atomic E-state index is -0.0949. The fourth-order valence-corrected chi connectivity index (χ4v) is 3.67. The van der Waals surface area contributed by atoms with Crippen LogP contribution < -0.4 is 5.32 Å². The lowest BCUT2D eigenvalue weighted by Gasteiger charge is -2.12. The Morgan fingerprint density at radius 1 is 1.43 bits per heavy atom. The number of rotatable bonds is 4. The van der Waals surface area contributed by atoms with Crippen LogP contribution in [0, 0.1) is 13.8 Å². The fourth-order valence-electron chi connectivity index (χ4n) is 2.51. The van der Waals surface area contributed by atoms with E-state index in [1.54, 1.807) is 22.4 Å². The molecular formula is C16H18N4OS2. The molecule has 1 aliphatic rings. The maximum Gasteiger partial charge on any atom is 0.276 e. The molecule has 3 heterocycles. The molecule has 0 atom stereocenters. The molecule has 120 valence electrons. The van der Waals surface area contributed by atoms with E-state index in [0.29, 0.717) is 17.4 Å². The van der Waals surface area contributed by atoms with Crippen molar-refractivity contribution >= 4 is 40.7 Å². The average molecular weight is 346 g/mol. The molecule has 1 aliphatic heterocycles. The van der Waals surface area contributed by atoms with Gasteiger partial charge in [0.2, 0.25) is 0 Å². The summed E-state index contributed by atoms with van der Waals surface area (Å²) < 4.78 is 1.83. The highest BCUT2D eigenvalue weighted by Gasteiger charge is 2.31. The van der Waals surface area contributed by atoms with Gasteiger partial charge in [-0.3, -0.25) is 14.4 Å². The largest absolute Gasteiger partial charge is 0.328 e. The van der Waals surface area contributed by atoms with Gasteiger partial charge >= 0.3 is 0 Å². The number of amides is 1. The molecule has 1 amide bonds. The third-order valence-corrected chi connectivity index (χ3v) is 5.00. The lowest BCUT2D eigenvalue weighted by atomic mass is 10.2. The molecule has 0 bridgehead atoms. The molecule has 0 saturated carbocycles. The number of nitrogens with one attached hydrogen (secondary N) is 1. The van der Waals surface area contributed by atoms with Crippen LogP contribution in [-0.4, -0.2) is 25.7 Å². The van der Waals surface area contributed by atoms with Crippen molar-refractivity contribution in [2.45, 2.75) is 33.9 Å². The third-order valence-electron chi connectivity index (χ3n) is 3.69. The van der Waals surface area contributed by atoms with Gasteiger partial charge in [-0.25, -0.2) is 0 Å². The van der Waals surface area contributed by atoms with Gasteiger partial charge in [0.15, 0.2) is 5.11 Å². The quantitative estimate of drug-likeness (QED) is 0.683. The van der Waals surface area contributed by atoms with Crippen LogP contribution in [0.25, 0.3) is 6.08 Å². The Morgan fingerprint density at radius 2 is 2.22 bits per heavy atom. The fraction of sp³-hybridized carbons (Fsp3) is 0.312. The molecule has 1 N–H and O–H groups in total. The zero-order valence-electron chi connectivity index (χ0n) is 13.3. The van der Waals surface area contributed by atoms with Gasteiger partial charge in [0, 0.05) is 28.1 Å². The van der Waals surface area contributed by atoms with Gasteiger partial charge < -0.3 is 5.32 Å². The smallest absolute Gasteiger partial charge is 0.276 e. The van der Waals surface area contributed by atoms with Crippen molar-refractivity contribution in [2.24, 2.45) is 0 Å². The molecule has 0 unspecified atom stereocenters. The molecule has 1 fully saturated rings. The molecule has 3 rings (SSSR count). The number of thiophene rings is 1. The van der Waals surface area contributed by atoms with Gasteiger partial charge in [-0.15, -0.1) is 11.3 Å². The van der Waals surface area contributed by atoms with E-state index < -0.39 is 0 Å². The van der Waals surface area contributed by atoms with Crippen LogP contribution in [0.5, 0.6) is 0 Å². The topological polar surface area (TPSA) is 50.2 Å². The Morgan fingerprint density at radius 3 is 2.83 bits per heavy atom. The summed E-state index contributed by atoms with van der Waals surface area (Å²) in [6.45, 7) is 7.38. The van der Waals surface area contributed by atoms with Crippen LogP contribution in [0.2, 0.25) is 0 Å². The maximum atomic E-state index is 12.6. The zero-order chi connectivity index (χ0) is 16.6. The molecular weight excluding hydrogens is 328 g/mol. The molecule has 0 aliphatic carbocycles. The predicted molar refractivity (Wildman–Crippen MR) is 96.0 cm³/mol. The summed E-state index contributed by atoms with van der Waals surface area (Å²) in [5.74, 6) is -0.0949. The minimum absolute atomic E-state index is 0.0949. The first-order valence-electron chi connectivity index (χ1n) is 7.41. The summed E-state index contributed by atoms with van der Waals surface area (Å²) in [6, 6.07) is 2.08. The second-order valence-electron chi connectivity index (χ2n) is 5.45. The van der Waals surface area contributed by atoms with E-state index in [9.17, 15) is 4.79 Å². The van der Waals surface area contributed by atoms with E-state index in [-0.39, 0.29) is 5.91 Å². The van der Waals surface area contributed by atoms with Gasteiger partial charge in [-0.2, -0.15) is 5.10 Å². The molecule has 2 aromatic heterocycles. The van der Waals surface area contributed by atoms with E-state index in [0.717, 1.165) is 17.7 Å². The lowest BCUT2D eigenvalue weighted by molar-refractivity contribution is -0.122. The summed E-state index contributed by atoms with van der Waals surface area (Å²) in [5, 5.41) is 7.70. The molecule has 0 radical (unpaired) electrons. The summed E-state index contributed by atoms with van der Waals surface area (Å²) in [5.41, 5.74) is 2.55. The van der Waals surface area contributed by atoms with Crippen LogP contribution in [0.3, 0.4) is 0 Å². The van der Waals surface area contributed by atoms with E-state index in [1.165, 1.54) is 9.75 Å². The second-order valence-corrected chi connectivity index (χ2v) is 7.30. The Hall–Kier alpha value is -1.99. The van der Waals surface area contributed by atoms with Crippen molar-refractivity contribution in [1.82, 2.24) is 20.0 Å². The monoisotopic (exact) mass is 346 g/mol.